The number of hydrogen-bond donors (Lipinski definition) is 1. The first kappa shape index (κ1) is 14.0. The van der Waals surface area contributed by atoms with Crippen molar-refractivity contribution in [3.05, 3.63) is 77.9 Å². The van der Waals surface area contributed by atoms with Gasteiger partial charge in [-0.3, -0.25) is 0 Å². The van der Waals surface area contributed by atoms with E-state index in [2.05, 4.69) is 4.98 Å². The van der Waals surface area contributed by atoms with Crippen molar-refractivity contribution in [3.8, 4) is 11.4 Å². The monoisotopic (exact) mass is 296 g/mol. The van der Waals surface area contributed by atoms with E-state index in [-0.39, 0.29) is 11.4 Å². The quantitative estimate of drug-likeness (QED) is 0.802. The van der Waals surface area contributed by atoms with Gasteiger partial charge in [0.25, 0.3) is 0 Å². The van der Waals surface area contributed by atoms with Crippen LogP contribution in [0.2, 0.25) is 0 Å². The molecule has 2 aromatic carbocycles. The summed E-state index contributed by atoms with van der Waals surface area (Å²) in [5.74, 6) is -0.539. The third-order valence-electron chi connectivity index (χ3n) is 3.34. The molecule has 1 aromatic heterocycles. The topological polar surface area (TPSA) is 55.1 Å². The maximum atomic E-state index is 13.0. The molecule has 1 heterocycles. The molecular weight excluding hydrogens is 283 g/mol. The van der Waals surface area contributed by atoms with Gasteiger partial charge in [0.2, 0.25) is 0 Å². The molecule has 0 amide bonds. The lowest BCUT2D eigenvalue weighted by Crippen LogP contribution is -2.03. The number of carboxylic acids is 1. The summed E-state index contributed by atoms with van der Waals surface area (Å²) < 4.78 is 14.9. The van der Waals surface area contributed by atoms with E-state index in [0.717, 1.165) is 11.1 Å². The zero-order valence-corrected chi connectivity index (χ0v) is 11.6. The van der Waals surface area contributed by atoms with Crippen molar-refractivity contribution in [2.75, 3.05) is 0 Å². The minimum Gasteiger partial charge on any atom is -0.478 e. The lowest BCUT2D eigenvalue weighted by molar-refractivity contribution is 0.0696. The van der Waals surface area contributed by atoms with Crippen LogP contribution in [0, 0.1) is 5.82 Å². The molecule has 4 nitrogen and oxygen atoms in total. The van der Waals surface area contributed by atoms with Crippen LogP contribution < -0.4 is 0 Å². The first-order valence-electron chi connectivity index (χ1n) is 6.73. The minimum atomic E-state index is -0.953. The third kappa shape index (κ3) is 2.88. The molecule has 0 bridgehead atoms. The van der Waals surface area contributed by atoms with Crippen LogP contribution in [0.15, 0.2) is 60.9 Å². The van der Waals surface area contributed by atoms with Crippen LogP contribution in [-0.4, -0.2) is 20.6 Å². The van der Waals surface area contributed by atoms with Crippen LogP contribution in [0.4, 0.5) is 4.39 Å². The Bertz CT molecular complexity index is 810. The number of imidazole rings is 1. The Balaban J connectivity index is 1.91. The summed E-state index contributed by atoms with van der Waals surface area (Å²) in [5.41, 5.74) is 1.92. The molecule has 22 heavy (non-hydrogen) atoms. The van der Waals surface area contributed by atoms with Gasteiger partial charge in [0.15, 0.2) is 0 Å². The second-order valence-corrected chi connectivity index (χ2v) is 4.89. The number of rotatable bonds is 4. The van der Waals surface area contributed by atoms with Gasteiger partial charge in [0.05, 0.1) is 5.56 Å². The smallest absolute Gasteiger partial charge is 0.335 e. The van der Waals surface area contributed by atoms with Gasteiger partial charge in [-0.15, -0.1) is 0 Å². The number of benzene rings is 2. The number of halogens is 1. The molecule has 3 aromatic rings. The second-order valence-electron chi connectivity index (χ2n) is 4.89. The van der Waals surface area contributed by atoms with Crippen molar-refractivity contribution in [2.24, 2.45) is 0 Å². The molecule has 0 aliphatic heterocycles. The highest BCUT2D eigenvalue weighted by Gasteiger charge is 2.08. The average molecular weight is 296 g/mol. The molecule has 1 N–H and O–H groups in total. The van der Waals surface area contributed by atoms with E-state index in [9.17, 15) is 9.18 Å². The first-order valence-corrected chi connectivity index (χ1v) is 6.73. The Morgan fingerprint density at radius 3 is 2.68 bits per heavy atom. The van der Waals surface area contributed by atoms with Crippen LogP contribution in [-0.2, 0) is 6.54 Å². The molecule has 0 aliphatic carbocycles. The SMILES string of the molecule is O=C(O)c1cccc(Cn2ccnc2-c2ccc(F)cc2)c1. The van der Waals surface area contributed by atoms with E-state index in [4.69, 9.17) is 5.11 Å². The van der Waals surface area contributed by atoms with Crippen LogP contribution in [0.1, 0.15) is 15.9 Å². The summed E-state index contributed by atoms with van der Waals surface area (Å²) in [6.45, 7) is 0.494. The lowest BCUT2D eigenvalue weighted by Gasteiger charge is -2.09. The van der Waals surface area contributed by atoms with Gasteiger partial charge in [-0.05, 0) is 42.0 Å². The maximum absolute atomic E-state index is 13.0. The summed E-state index contributed by atoms with van der Waals surface area (Å²) in [5, 5.41) is 9.04. The number of aromatic nitrogens is 2. The van der Waals surface area contributed by atoms with E-state index in [1.54, 1.807) is 36.5 Å². The Hall–Kier alpha value is -2.95. The largest absolute Gasteiger partial charge is 0.478 e. The molecule has 0 fully saturated rings. The first-order chi connectivity index (χ1) is 10.6. The summed E-state index contributed by atoms with van der Waals surface area (Å²) in [7, 11) is 0. The van der Waals surface area contributed by atoms with E-state index in [1.165, 1.54) is 12.1 Å². The lowest BCUT2D eigenvalue weighted by atomic mass is 10.1. The van der Waals surface area contributed by atoms with Crippen molar-refractivity contribution in [3.63, 3.8) is 0 Å². The second kappa shape index (κ2) is 5.81. The van der Waals surface area contributed by atoms with Crippen LogP contribution in [0.5, 0.6) is 0 Å². The standard InChI is InChI=1S/C17H13FN2O2/c18-15-6-4-13(5-7-15)16-19-8-9-20(16)11-12-2-1-3-14(10-12)17(21)22/h1-10H,11H2,(H,21,22). The van der Waals surface area contributed by atoms with Gasteiger partial charge in [0.1, 0.15) is 11.6 Å². The van der Waals surface area contributed by atoms with Crippen molar-refractivity contribution in [1.82, 2.24) is 9.55 Å². The highest BCUT2D eigenvalue weighted by atomic mass is 19.1. The molecule has 0 radical (unpaired) electrons. The fraction of sp³-hybridized carbons (Fsp3) is 0.0588. The molecule has 0 saturated heterocycles. The normalized spacial score (nSPS) is 10.6. The summed E-state index contributed by atoms with van der Waals surface area (Å²) in [6, 6.07) is 12.9. The van der Waals surface area contributed by atoms with Crippen molar-refractivity contribution >= 4 is 5.97 Å². The van der Waals surface area contributed by atoms with E-state index in [1.807, 2.05) is 16.8 Å². The van der Waals surface area contributed by atoms with E-state index in [0.29, 0.717) is 12.4 Å². The summed E-state index contributed by atoms with van der Waals surface area (Å²) in [6.07, 6.45) is 3.48. The fourth-order valence-corrected chi connectivity index (χ4v) is 2.30. The third-order valence-corrected chi connectivity index (χ3v) is 3.34. The number of carboxylic acid groups (broad SMARTS) is 1. The molecule has 0 aliphatic rings. The summed E-state index contributed by atoms with van der Waals surface area (Å²) >= 11 is 0. The molecule has 110 valence electrons. The molecule has 0 spiro atoms. The number of carbonyl (C=O) groups is 1. The number of hydrogen-bond acceptors (Lipinski definition) is 2. The predicted molar refractivity (Wildman–Crippen MR) is 80.1 cm³/mol. The van der Waals surface area contributed by atoms with E-state index >= 15 is 0 Å². The molecule has 0 unspecified atom stereocenters. The zero-order valence-electron chi connectivity index (χ0n) is 11.6. The molecule has 0 saturated carbocycles. The van der Waals surface area contributed by atoms with Crippen molar-refractivity contribution < 1.29 is 14.3 Å². The van der Waals surface area contributed by atoms with Crippen molar-refractivity contribution in [1.29, 1.82) is 0 Å². The molecule has 5 heteroatoms. The Morgan fingerprint density at radius 2 is 1.95 bits per heavy atom. The van der Waals surface area contributed by atoms with Crippen LogP contribution in [0.25, 0.3) is 11.4 Å². The van der Waals surface area contributed by atoms with Crippen LogP contribution in [0.3, 0.4) is 0 Å². The Morgan fingerprint density at radius 1 is 1.18 bits per heavy atom. The molecule has 0 atom stereocenters. The highest BCUT2D eigenvalue weighted by molar-refractivity contribution is 5.87. The van der Waals surface area contributed by atoms with Gasteiger partial charge in [-0.25, -0.2) is 14.2 Å². The van der Waals surface area contributed by atoms with E-state index < -0.39 is 5.97 Å². The van der Waals surface area contributed by atoms with Gasteiger partial charge < -0.3 is 9.67 Å². The van der Waals surface area contributed by atoms with Crippen molar-refractivity contribution in [2.45, 2.75) is 6.54 Å². The predicted octanol–water partition coefficient (Wildman–Crippen LogP) is 3.44. The highest BCUT2D eigenvalue weighted by Crippen LogP contribution is 2.19. The fourth-order valence-electron chi connectivity index (χ4n) is 2.30. The van der Waals surface area contributed by atoms with Gasteiger partial charge in [-0.1, -0.05) is 12.1 Å². The number of nitrogens with zero attached hydrogens (tertiary/aromatic N) is 2. The van der Waals surface area contributed by atoms with Gasteiger partial charge in [0, 0.05) is 24.5 Å². The van der Waals surface area contributed by atoms with Gasteiger partial charge >= 0.3 is 5.97 Å². The zero-order chi connectivity index (χ0) is 15.5. The maximum Gasteiger partial charge on any atom is 0.335 e. The summed E-state index contributed by atoms with van der Waals surface area (Å²) in [4.78, 5) is 15.3. The Kier molecular flexibility index (Phi) is 3.70. The number of aromatic carboxylic acids is 1. The molecule has 3 rings (SSSR count). The minimum absolute atomic E-state index is 0.251. The molecular formula is C17H13FN2O2. The average Bonchev–Trinajstić information content (AvgIpc) is 2.96. The van der Waals surface area contributed by atoms with Gasteiger partial charge in [-0.2, -0.15) is 0 Å². The Labute approximate surface area is 126 Å². The van der Waals surface area contributed by atoms with Crippen LogP contribution >= 0.6 is 0 Å².